The minimum absolute atomic E-state index is 0.0419. The Kier molecular flexibility index (Phi) is 5.63. The van der Waals surface area contributed by atoms with Gasteiger partial charge >= 0.3 is 0 Å². The molecule has 4 rings (SSSR count). The second kappa shape index (κ2) is 8.51. The zero-order valence-electron chi connectivity index (χ0n) is 17.3. The highest BCUT2D eigenvalue weighted by molar-refractivity contribution is 5.91. The maximum absolute atomic E-state index is 10.6. The third-order valence-corrected chi connectivity index (χ3v) is 5.25. The van der Waals surface area contributed by atoms with Gasteiger partial charge in [-0.25, -0.2) is 9.97 Å². The van der Waals surface area contributed by atoms with Gasteiger partial charge in [-0.15, -0.1) is 0 Å². The number of benzene rings is 3. The van der Waals surface area contributed by atoms with Crippen LogP contribution in [0.2, 0.25) is 0 Å². The summed E-state index contributed by atoms with van der Waals surface area (Å²) in [5.74, 6) is 1.35. The zero-order chi connectivity index (χ0) is 21.1. The van der Waals surface area contributed by atoms with Crippen molar-refractivity contribution in [3.05, 3.63) is 72.3 Å². The first kappa shape index (κ1) is 19.9. The van der Waals surface area contributed by atoms with Crippen molar-refractivity contribution in [1.29, 1.82) is 0 Å². The van der Waals surface area contributed by atoms with Crippen molar-refractivity contribution < 1.29 is 5.11 Å². The zero-order valence-corrected chi connectivity index (χ0v) is 17.3. The van der Waals surface area contributed by atoms with Gasteiger partial charge in [0.15, 0.2) is 5.82 Å². The SMILES string of the molecule is CC[C@H](N)CNc1nc(-c2cc(-c3cccc(C)c3)ccc2O)nc2ccccc12. The summed E-state index contributed by atoms with van der Waals surface area (Å²) in [6, 6.07) is 21.7. The number of phenolic OH excluding ortho intramolecular Hbond substituents is 1. The number of fused-ring (bicyclic) bond motifs is 1. The quantitative estimate of drug-likeness (QED) is 0.419. The molecule has 0 saturated carbocycles. The van der Waals surface area contributed by atoms with Gasteiger partial charge in [0.25, 0.3) is 0 Å². The lowest BCUT2D eigenvalue weighted by molar-refractivity contribution is 0.477. The molecular formula is C25H26N4O. The average molecular weight is 399 g/mol. The molecule has 0 bridgehead atoms. The van der Waals surface area contributed by atoms with Gasteiger partial charge in [0.1, 0.15) is 11.6 Å². The second-order valence-corrected chi connectivity index (χ2v) is 7.56. The molecule has 0 aliphatic carbocycles. The van der Waals surface area contributed by atoms with E-state index in [1.165, 1.54) is 5.56 Å². The van der Waals surface area contributed by atoms with E-state index in [2.05, 4.69) is 37.4 Å². The molecule has 1 atom stereocenters. The molecule has 4 aromatic rings. The molecule has 1 heterocycles. The number of hydrogen-bond donors (Lipinski definition) is 3. The number of aromatic nitrogens is 2. The molecule has 0 amide bonds. The Labute approximate surface area is 176 Å². The third-order valence-electron chi connectivity index (χ3n) is 5.25. The Hall–Kier alpha value is -3.44. The minimum Gasteiger partial charge on any atom is -0.507 e. The summed E-state index contributed by atoms with van der Waals surface area (Å²) in [7, 11) is 0. The van der Waals surface area contributed by atoms with E-state index >= 15 is 0 Å². The molecular weight excluding hydrogens is 372 g/mol. The molecule has 0 spiro atoms. The summed E-state index contributed by atoms with van der Waals surface area (Å²) in [5.41, 5.74) is 10.8. The highest BCUT2D eigenvalue weighted by Crippen LogP contribution is 2.34. The number of nitrogens with one attached hydrogen (secondary N) is 1. The fraction of sp³-hybridized carbons (Fsp3) is 0.200. The van der Waals surface area contributed by atoms with E-state index in [1.807, 2.05) is 42.5 Å². The molecule has 152 valence electrons. The highest BCUT2D eigenvalue weighted by Gasteiger charge is 2.14. The molecule has 1 aromatic heterocycles. The summed E-state index contributed by atoms with van der Waals surface area (Å²) >= 11 is 0. The summed E-state index contributed by atoms with van der Waals surface area (Å²) in [6.07, 6.45) is 0.877. The maximum Gasteiger partial charge on any atom is 0.165 e. The summed E-state index contributed by atoms with van der Waals surface area (Å²) in [5, 5.41) is 14.9. The van der Waals surface area contributed by atoms with Crippen LogP contribution in [0.5, 0.6) is 5.75 Å². The first-order valence-electron chi connectivity index (χ1n) is 10.2. The lowest BCUT2D eigenvalue weighted by Gasteiger charge is -2.15. The molecule has 5 heteroatoms. The predicted molar refractivity (Wildman–Crippen MR) is 124 cm³/mol. The lowest BCUT2D eigenvalue weighted by Crippen LogP contribution is -2.28. The number of rotatable bonds is 6. The van der Waals surface area contributed by atoms with Gasteiger partial charge in [-0.05, 0) is 48.7 Å². The van der Waals surface area contributed by atoms with Gasteiger partial charge in [0.05, 0.1) is 11.1 Å². The van der Waals surface area contributed by atoms with Crippen LogP contribution in [0.15, 0.2) is 66.7 Å². The first-order valence-corrected chi connectivity index (χ1v) is 10.2. The van der Waals surface area contributed by atoms with E-state index in [1.54, 1.807) is 6.07 Å². The Balaban J connectivity index is 1.82. The lowest BCUT2D eigenvalue weighted by atomic mass is 10.0. The van der Waals surface area contributed by atoms with Gasteiger partial charge in [0.2, 0.25) is 0 Å². The highest BCUT2D eigenvalue weighted by atomic mass is 16.3. The number of phenols is 1. The molecule has 0 saturated heterocycles. The maximum atomic E-state index is 10.6. The van der Waals surface area contributed by atoms with E-state index in [0.29, 0.717) is 17.9 Å². The van der Waals surface area contributed by atoms with Gasteiger partial charge in [-0.1, -0.05) is 55.0 Å². The largest absolute Gasteiger partial charge is 0.507 e. The van der Waals surface area contributed by atoms with Crippen molar-refractivity contribution in [3.8, 4) is 28.3 Å². The molecule has 0 fully saturated rings. The van der Waals surface area contributed by atoms with Gasteiger partial charge in [-0.3, -0.25) is 0 Å². The molecule has 5 nitrogen and oxygen atoms in total. The second-order valence-electron chi connectivity index (χ2n) is 7.56. The smallest absolute Gasteiger partial charge is 0.165 e. The number of hydrogen-bond acceptors (Lipinski definition) is 5. The summed E-state index contributed by atoms with van der Waals surface area (Å²) < 4.78 is 0. The first-order chi connectivity index (χ1) is 14.5. The molecule has 0 radical (unpaired) electrons. The van der Waals surface area contributed by atoms with E-state index < -0.39 is 0 Å². The van der Waals surface area contributed by atoms with Crippen LogP contribution in [0.25, 0.3) is 33.4 Å². The number of aromatic hydroxyl groups is 1. The van der Waals surface area contributed by atoms with E-state index in [-0.39, 0.29) is 11.8 Å². The van der Waals surface area contributed by atoms with Crippen molar-refractivity contribution in [3.63, 3.8) is 0 Å². The topological polar surface area (TPSA) is 84.1 Å². The van der Waals surface area contributed by atoms with Crippen molar-refractivity contribution in [2.75, 3.05) is 11.9 Å². The van der Waals surface area contributed by atoms with Gasteiger partial charge in [-0.2, -0.15) is 0 Å². The van der Waals surface area contributed by atoms with Crippen LogP contribution < -0.4 is 11.1 Å². The normalized spacial score (nSPS) is 12.1. The average Bonchev–Trinajstić information content (AvgIpc) is 2.77. The van der Waals surface area contributed by atoms with Crippen molar-refractivity contribution in [1.82, 2.24) is 9.97 Å². The number of aryl methyl sites for hydroxylation is 1. The number of para-hydroxylation sites is 1. The molecule has 3 aromatic carbocycles. The van der Waals surface area contributed by atoms with Crippen LogP contribution in [-0.2, 0) is 0 Å². The molecule has 0 aliphatic heterocycles. The van der Waals surface area contributed by atoms with Crippen molar-refractivity contribution >= 4 is 16.7 Å². The third kappa shape index (κ3) is 4.11. The van der Waals surface area contributed by atoms with Crippen LogP contribution in [0.3, 0.4) is 0 Å². The van der Waals surface area contributed by atoms with Crippen molar-refractivity contribution in [2.24, 2.45) is 5.73 Å². The standard InChI is InChI=1S/C25H26N4O/c1-3-19(26)15-27-24-20-9-4-5-10-22(20)28-25(29-24)21-14-18(11-12-23(21)30)17-8-6-7-16(2)13-17/h4-14,19,30H,3,15,26H2,1-2H3,(H,27,28,29)/t19-/m0/s1. The van der Waals surface area contributed by atoms with Crippen LogP contribution >= 0.6 is 0 Å². The Bertz CT molecular complexity index is 1190. The molecule has 0 aliphatic rings. The monoisotopic (exact) mass is 398 g/mol. The Morgan fingerprint density at radius 3 is 2.57 bits per heavy atom. The van der Waals surface area contributed by atoms with Crippen LogP contribution in [0, 0.1) is 6.92 Å². The fourth-order valence-electron chi connectivity index (χ4n) is 3.42. The van der Waals surface area contributed by atoms with E-state index in [0.717, 1.165) is 34.3 Å². The number of nitrogens with two attached hydrogens (primary N) is 1. The predicted octanol–water partition coefficient (Wildman–Crippen LogP) is 5.13. The van der Waals surface area contributed by atoms with Gasteiger partial charge < -0.3 is 16.2 Å². The van der Waals surface area contributed by atoms with Crippen LogP contribution in [0.4, 0.5) is 5.82 Å². The Morgan fingerprint density at radius 1 is 0.967 bits per heavy atom. The van der Waals surface area contributed by atoms with E-state index in [9.17, 15) is 5.11 Å². The number of anilines is 1. The molecule has 4 N–H and O–H groups in total. The fourth-order valence-corrected chi connectivity index (χ4v) is 3.42. The molecule has 30 heavy (non-hydrogen) atoms. The summed E-state index contributed by atoms with van der Waals surface area (Å²) in [6.45, 7) is 4.74. The minimum atomic E-state index is 0.0419. The summed E-state index contributed by atoms with van der Waals surface area (Å²) in [4.78, 5) is 9.48. The van der Waals surface area contributed by atoms with Crippen LogP contribution in [-0.4, -0.2) is 27.7 Å². The number of nitrogens with zero attached hydrogens (tertiary/aromatic N) is 2. The van der Waals surface area contributed by atoms with Gasteiger partial charge in [0, 0.05) is 18.0 Å². The van der Waals surface area contributed by atoms with E-state index in [4.69, 9.17) is 15.7 Å². The van der Waals surface area contributed by atoms with Crippen LogP contribution in [0.1, 0.15) is 18.9 Å². The molecule has 0 unspecified atom stereocenters. The Morgan fingerprint density at radius 2 is 1.77 bits per heavy atom. The van der Waals surface area contributed by atoms with Crippen molar-refractivity contribution in [2.45, 2.75) is 26.3 Å².